The largest absolute Gasteiger partial charge is 0.497 e. The topological polar surface area (TPSA) is 27.1 Å². The Hall–Kier alpha value is -1.52. The number of fused-ring (bicyclic) bond motifs is 1. The molecule has 0 spiro atoms. The van der Waals surface area contributed by atoms with Gasteiger partial charge in [-0.05, 0) is 30.7 Å². The molecule has 0 aliphatic rings. The number of thiophene rings is 1. The molecule has 0 N–H and O–H groups in total. The normalized spacial score (nSPS) is 11.2. The smallest absolute Gasteiger partial charge is 0.125 e. The van der Waals surface area contributed by atoms with Crippen molar-refractivity contribution in [2.45, 2.75) is 25.8 Å². The summed E-state index contributed by atoms with van der Waals surface area (Å²) < 4.78 is 7.45. The lowest BCUT2D eigenvalue weighted by atomic mass is 10.3. The molecule has 0 bridgehead atoms. The summed E-state index contributed by atoms with van der Waals surface area (Å²) in [7, 11) is 1.67. The number of halogens is 1. The molecule has 3 aromatic rings. The van der Waals surface area contributed by atoms with Gasteiger partial charge in [-0.25, -0.2) is 4.98 Å². The number of nitrogens with zero attached hydrogens (tertiary/aromatic N) is 2. The SMILES string of the molecule is CCc1ccc(Cn2c(CCl)nc3cc(OC)ccc32)s1. The highest BCUT2D eigenvalue weighted by atomic mass is 35.5. The molecule has 0 atom stereocenters. The van der Waals surface area contributed by atoms with Crippen LogP contribution in [-0.4, -0.2) is 16.7 Å². The molecule has 3 nitrogen and oxygen atoms in total. The zero-order valence-electron chi connectivity index (χ0n) is 12.1. The van der Waals surface area contributed by atoms with E-state index in [1.165, 1.54) is 9.75 Å². The lowest BCUT2D eigenvalue weighted by molar-refractivity contribution is 0.415. The quantitative estimate of drug-likeness (QED) is 0.649. The Bertz CT molecular complexity index is 763. The number of rotatable bonds is 5. The second kappa shape index (κ2) is 6.08. The van der Waals surface area contributed by atoms with Crippen LogP contribution in [0.5, 0.6) is 5.75 Å². The number of aromatic nitrogens is 2. The molecule has 110 valence electrons. The number of ether oxygens (including phenoxy) is 1. The average Bonchev–Trinajstić information content (AvgIpc) is 3.11. The predicted molar refractivity (Wildman–Crippen MR) is 88.6 cm³/mol. The highest BCUT2D eigenvalue weighted by molar-refractivity contribution is 7.11. The third kappa shape index (κ3) is 2.78. The molecule has 3 rings (SSSR count). The van der Waals surface area contributed by atoms with Gasteiger partial charge in [-0.1, -0.05) is 6.92 Å². The first kappa shape index (κ1) is 14.4. The summed E-state index contributed by atoms with van der Waals surface area (Å²) in [5.41, 5.74) is 2.02. The van der Waals surface area contributed by atoms with Gasteiger partial charge in [0.05, 0.1) is 30.6 Å². The first-order chi connectivity index (χ1) is 10.2. The van der Waals surface area contributed by atoms with Crippen molar-refractivity contribution < 1.29 is 4.74 Å². The van der Waals surface area contributed by atoms with E-state index in [4.69, 9.17) is 16.3 Å². The summed E-state index contributed by atoms with van der Waals surface area (Å²) in [5.74, 6) is 2.12. The van der Waals surface area contributed by atoms with Gasteiger partial charge in [0.25, 0.3) is 0 Å². The first-order valence-electron chi connectivity index (χ1n) is 6.92. The zero-order valence-corrected chi connectivity index (χ0v) is 13.7. The van der Waals surface area contributed by atoms with Crippen LogP contribution in [-0.2, 0) is 18.8 Å². The molecule has 2 aromatic heterocycles. The number of methoxy groups -OCH3 is 1. The second-order valence-electron chi connectivity index (χ2n) is 4.82. The maximum absolute atomic E-state index is 6.06. The molecule has 5 heteroatoms. The molecular weight excluding hydrogens is 304 g/mol. The lowest BCUT2D eigenvalue weighted by Crippen LogP contribution is -2.02. The number of alkyl halides is 1. The number of imidazole rings is 1. The Morgan fingerprint density at radius 3 is 2.71 bits per heavy atom. The van der Waals surface area contributed by atoms with Crippen LogP contribution < -0.4 is 4.74 Å². The molecule has 0 saturated carbocycles. The molecule has 1 aromatic carbocycles. The molecule has 0 saturated heterocycles. The summed E-state index contributed by atoms with van der Waals surface area (Å²) in [6.45, 7) is 2.99. The maximum atomic E-state index is 6.06. The van der Waals surface area contributed by atoms with Crippen LogP contribution in [0.1, 0.15) is 22.5 Å². The highest BCUT2D eigenvalue weighted by Crippen LogP contribution is 2.25. The van der Waals surface area contributed by atoms with E-state index in [1.807, 2.05) is 29.5 Å². The molecular formula is C16H17ClN2OS. The predicted octanol–water partition coefficient (Wildman–Crippen LogP) is 4.46. The van der Waals surface area contributed by atoms with Gasteiger partial charge >= 0.3 is 0 Å². The van der Waals surface area contributed by atoms with Gasteiger partial charge in [0.1, 0.15) is 11.6 Å². The second-order valence-corrected chi connectivity index (χ2v) is 6.34. The van der Waals surface area contributed by atoms with Gasteiger partial charge in [0.15, 0.2) is 0 Å². The molecule has 0 aliphatic carbocycles. The molecule has 0 radical (unpaired) electrons. The minimum Gasteiger partial charge on any atom is -0.497 e. The van der Waals surface area contributed by atoms with Gasteiger partial charge in [0.2, 0.25) is 0 Å². The van der Waals surface area contributed by atoms with Crippen LogP contribution in [0.2, 0.25) is 0 Å². The van der Waals surface area contributed by atoms with E-state index in [9.17, 15) is 0 Å². The van der Waals surface area contributed by atoms with Gasteiger partial charge in [-0.3, -0.25) is 0 Å². The van der Waals surface area contributed by atoms with Crippen molar-refractivity contribution in [1.29, 1.82) is 0 Å². The molecule has 2 heterocycles. The van der Waals surface area contributed by atoms with Crippen molar-refractivity contribution in [3.63, 3.8) is 0 Å². The van der Waals surface area contributed by atoms with Crippen molar-refractivity contribution in [2.24, 2.45) is 0 Å². The van der Waals surface area contributed by atoms with E-state index in [0.717, 1.165) is 35.6 Å². The van der Waals surface area contributed by atoms with E-state index in [2.05, 4.69) is 28.6 Å². The van der Waals surface area contributed by atoms with E-state index >= 15 is 0 Å². The minimum atomic E-state index is 0.406. The van der Waals surface area contributed by atoms with Crippen molar-refractivity contribution in [2.75, 3.05) is 7.11 Å². The fourth-order valence-electron chi connectivity index (χ4n) is 2.42. The van der Waals surface area contributed by atoms with Crippen LogP contribution in [0.15, 0.2) is 30.3 Å². The maximum Gasteiger partial charge on any atom is 0.125 e. The van der Waals surface area contributed by atoms with Gasteiger partial charge in [0, 0.05) is 15.8 Å². The summed E-state index contributed by atoms with van der Waals surface area (Å²) in [6, 6.07) is 10.4. The Kier molecular flexibility index (Phi) is 4.17. The fraction of sp³-hybridized carbons (Fsp3) is 0.312. The Balaban J connectivity index is 2.03. The van der Waals surface area contributed by atoms with Crippen molar-refractivity contribution in [3.8, 4) is 5.75 Å². The van der Waals surface area contributed by atoms with Crippen LogP contribution >= 0.6 is 22.9 Å². The third-order valence-corrected chi connectivity index (χ3v) is 4.99. The van der Waals surface area contributed by atoms with Gasteiger partial charge < -0.3 is 9.30 Å². The van der Waals surface area contributed by atoms with Crippen LogP contribution in [0.4, 0.5) is 0 Å². The Labute approximate surface area is 133 Å². The average molecular weight is 321 g/mol. The summed E-state index contributed by atoms with van der Waals surface area (Å²) in [5, 5.41) is 0. The molecule has 0 aliphatic heterocycles. The third-order valence-electron chi connectivity index (χ3n) is 3.53. The summed E-state index contributed by atoms with van der Waals surface area (Å²) >= 11 is 7.91. The fourth-order valence-corrected chi connectivity index (χ4v) is 3.57. The highest BCUT2D eigenvalue weighted by Gasteiger charge is 2.12. The first-order valence-corrected chi connectivity index (χ1v) is 8.27. The standard InChI is InChI=1S/C16H17ClN2OS/c1-3-12-5-6-13(21-12)10-19-15-7-4-11(20-2)8-14(15)18-16(19)9-17/h4-8H,3,9-10H2,1-2H3. The molecule has 0 amide bonds. The van der Waals surface area contributed by atoms with Crippen molar-refractivity contribution >= 4 is 34.0 Å². The van der Waals surface area contributed by atoms with Gasteiger partial charge in [-0.15, -0.1) is 22.9 Å². The zero-order chi connectivity index (χ0) is 14.8. The summed E-state index contributed by atoms with van der Waals surface area (Å²) in [6.07, 6.45) is 1.08. The number of hydrogen-bond donors (Lipinski definition) is 0. The van der Waals surface area contributed by atoms with E-state index in [0.29, 0.717) is 5.88 Å². The lowest BCUT2D eigenvalue weighted by Gasteiger charge is -2.06. The minimum absolute atomic E-state index is 0.406. The number of benzene rings is 1. The van der Waals surface area contributed by atoms with Crippen molar-refractivity contribution in [3.05, 3.63) is 45.9 Å². The Morgan fingerprint density at radius 2 is 2.05 bits per heavy atom. The summed E-state index contributed by atoms with van der Waals surface area (Å²) in [4.78, 5) is 7.35. The van der Waals surface area contributed by atoms with Gasteiger partial charge in [-0.2, -0.15) is 0 Å². The molecule has 0 fully saturated rings. The number of aryl methyl sites for hydroxylation is 1. The monoisotopic (exact) mass is 320 g/mol. The van der Waals surface area contributed by atoms with E-state index in [-0.39, 0.29) is 0 Å². The van der Waals surface area contributed by atoms with E-state index < -0.39 is 0 Å². The van der Waals surface area contributed by atoms with E-state index in [1.54, 1.807) is 7.11 Å². The number of hydrogen-bond acceptors (Lipinski definition) is 3. The van der Waals surface area contributed by atoms with Crippen LogP contribution in [0.3, 0.4) is 0 Å². The van der Waals surface area contributed by atoms with Crippen molar-refractivity contribution in [1.82, 2.24) is 9.55 Å². The molecule has 0 unspecified atom stereocenters. The van der Waals surface area contributed by atoms with Crippen LogP contribution in [0, 0.1) is 0 Å². The van der Waals surface area contributed by atoms with Crippen LogP contribution in [0.25, 0.3) is 11.0 Å². The molecule has 21 heavy (non-hydrogen) atoms. The Morgan fingerprint density at radius 1 is 1.24 bits per heavy atom.